The average molecular weight is 333 g/mol. The summed E-state index contributed by atoms with van der Waals surface area (Å²) in [6, 6.07) is 7.95. The number of hydrogen-bond donors (Lipinski definition) is 2. The molecule has 4 N–H and O–H groups in total. The Morgan fingerprint density at radius 3 is 2.76 bits per heavy atom. The standard InChI is InChI=1S/C11H10BrN3S.ClH/c1-6-4-10(16-11(13)14)8-5-7(12)2-3-9(8)15-6;/h2-5H,1H3,(H3,13,14);1H. The molecule has 0 saturated carbocycles. The molecule has 2 rings (SSSR count). The third-order valence-electron chi connectivity index (χ3n) is 2.09. The maximum absolute atomic E-state index is 5.53. The van der Waals surface area contributed by atoms with Gasteiger partial charge in [0.15, 0.2) is 0 Å². The lowest BCUT2D eigenvalue weighted by atomic mass is 10.2. The van der Waals surface area contributed by atoms with Crippen LogP contribution in [0.1, 0.15) is 5.69 Å². The summed E-state index contributed by atoms with van der Waals surface area (Å²) in [4.78, 5) is 5.49. The first-order valence-electron chi connectivity index (χ1n) is 4.69. The van der Waals surface area contributed by atoms with Gasteiger partial charge in [0.05, 0.1) is 5.52 Å². The summed E-state index contributed by atoms with van der Waals surface area (Å²) in [7, 11) is 0. The Labute approximate surface area is 118 Å². The van der Waals surface area contributed by atoms with Crippen LogP contribution in [0.3, 0.4) is 0 Å². The molecule has 0 spiro atoms. The number of benzene rings is 1. The SMILES string of the molecule is Cc1cc(SC(N)=[NH2+])c2cc(Br)ccc2n1.[Cl-]. The van der Waals surface area contributed by atoms with Crippen LogP contribution in [-0.4, -0.2) is 10.2 Å². The smallest absolute Gasteiger partial charge is 0.304 e. The molecule has 6 heteroatoms. The summed E-state index contributed by atoms with van der Waals surface area (Å²) in [5, 5.41) is 6.92. The second kappa shape index (κ2) is 5.71. The summed E-state index contributed by atoms with van der Waals surface area (Å²) < 4.78 is 1.02. The zero-order valence-corrected chi connectivity index (χ0v) is 12.2. The van der Waals surface area contributed by atoms with Crippen LogP contribution in [0, 0.1) is 6.92 Å². The molecule has 17 heavy (non-hydrogen) atoms. The minimum Gasteiger partial charge on any atom is -1.00 e. The normalized spacial score (nSPS) is 10.0. The van der Waals surface area contributed by atoms with Crippen LogP contribution >= 0.6 is 27.7 Å². The van der Waals surface area contributed by atoms with Crippen molar-refractivity contribution in [1.82, 2.24) is 4.98 Å². The van der Waals surface area contributed by atoms with Crippen LogP contribution in [0.5, 0.6) is 0 Å². The fourth-order valence-corrected chi connectivity index (χ4v) is 2.62. The van der Waals surface area contributed by atoms with Crippen molar-refractivity contribution >= 4 is 43.8 Å². The van der Waals surface area contributed by atoms with Crippen molar-refractivity contribution in [3.8, 4) is 0 Å². The van der Waals surface area contributed by atoms with E-state index in [0.29, 0.717) is 5.17 Å². The molecule has 0 aliphatic carbocycles. The van der Waals surface area contributed by atoms with Gasteiger partial charge in [-0.15, -0.1) is 0 Å². The molecule has 1 heterocycles. The number of aromatic nitrogens is 1. The first-order valence-corrected chi connectivity index (χ1v) is 6.30. The number of aryl methyl sites for hydroxylation is 1. The van der Waals surface area contributed by atoms with Gasteiger partial charge in [-0.1, -0.05) is 15.9 Å². The van der Waals surface area contributed by atoms with Gasteiger partial charge >= 0.3 is 5.17 Å². The van der Waals surface area contributed by atoms with Gasteiger partial charge in [0.25, 0.3) is 0 Å². The van der Waals surface area contributed by atoms with E-state index in [4.69, 9.17) is 11.1 Å². The number of rotatable bonds is 1. The zero-order valence-electron chi connectivity index (χ0n) is 9.08. The fraction of sp³-hybridized carbons (Fsp3) is 0.0909. The third-order valence-corrected chi connectivity index (χ3v) is 3.38. The molecule has 2 aromatic rings. The average Bonchev–Trinajstić information content (AvgIpc) is 2.18. The molecule has 0 bridgehead atoms. The van der Waals surface area contributed by atoms with Crippen molar-refractivity contribution in [1.29, 1.82) is 0 Å². The van der Waals surface area contributed by atoms with E-state index in [-0.39, 0.29) is 12.4 Å². The number of thioether (sulfide) groups is 1. The maximum Gasteiger partial charge on any atom is 0.304 e. The highest BCUT2D eigenvalue weighted by Gasteiger charge is 2.08. The second-order valence-corrected chi connectivity index (χ2v) is 5.46. The third kappa shape index (κ3) is 3.34. The van der Waals surface area contributed by atoms with Gasteiger partial charge in [0.1, 0.15) is 0 Å². The van der Waals surface area contributed by atoms with Crippen molar-refractivity contribution in [3.63, 3.8) is 0 Å². The Hall–Kier alpha value is -0.780. The van der Waals surface area contributed by atoms with E-state index in [9.17, 15) is 0 Å². The van der Waals surface area contributed by atoms with Gasteiger partial charge in [0.2, 0.25) is 0 Å². The van der Waals surface area contributed by atoms with Gasteiger partial charge in [-0.3, -0.25) is 16.1 Å². The highest BCUT2D eigenvalue weighted by molar-refractivity contribution is 9.10. The van der Waals surface area contributed by atoms with Crippen molar-refractivity contribution in [3.05, 3.63) is 34.4 Å². The van der Waals surface area contributed by atoms with E-state index in [1.807, 2.05) is 31.2 Å². The van der Waals surface area contributed by atoms with Crippen LogP contribution in [0.25, 0.3) is 10.9 Å². The lowest BCUT2D eigenvalue weighted by molar-refractivity contribution is -0.110. The van der Waals surface area contributed by atoms with Crippen molar-refractivity contribution in [2.24, 2.45) is 5.73 Å². The molecule has 0 unspecified atom stereocenters. The molecule has 0 fully saturated rings. The Bertz CT molecular complexity index is 574. The van der Waals surface area contributed by atoms with Gasteiger partial charge in [-0.2, -0.15) is 0 Å². The number of nitrogens with two attached hydrogens (primary N) is 2. The number of hydrogen-bond acceptors (Lipinski definition) is 2. The molecule has 1 aromatic carbocycles. The van der Waals surface area contributed by atoms with Crippen LogP contribution in [0.4, 0.5) is 0 Å². The Morgan fingerprint density at radius 1 is 1.41 bits per heavy atom. The Kier molecular flexibility index (Phi) is 4.80. The number of nitrogens with zero attached hydrogens (tertiary/aromatic N) is 1. The number of pyridine rings is 1. The van der Waals surface area contributed by atoms with Gasteiger partial charge in [0, 0.05) is 20.4 Å². The predicted molar refractivity (Wildman–Crippen MR) is 71.2 cm³/mol. The van der Waals surface area contributed by atoms with Crippen molar-refractivity contribution < 1.29 is 17.8 Å². The van der Waals surface area contributed by atoms with Crippen LogP contribution in [0.2, 0.25) is 0 Å². The molecule has 90 valence electrons. The summed E-state index contributed by atoms with van der Waals surface area (Å²) in [5.74, 6) is 0. The molecular weight excluding hydrogens is 322 g/mol. The lowest BCUT2D eigenvalue weighted by Gasteiger charge is -2.05. The van der Waals surface area contributed by atoms with Crippen molar-refractivity contribution in [2.75, 3.05) is 0 Å². The minimum atomic E-state index is 0. The first-order chi connectivity index (χ1) is 7.56. The summed E-state index contributed by atoms with van der Waals surface area (Å²) in [6.45, 7) is 1.96. The number of amidine groups is 1. The molecule has 1 aromatic heterocycles. The van der Waals surface area contributed by atoms with Crippen LogP contribution < -0.4 is 23.5 Å². The monoisotopic (exact) mass is 331 g/mol. The molecule has 0 aliphatic rings. The first kappa shape index (κ1) is 14.3. The topological polar surface area (TPSA) is 64.5 Å². The highest BCUT2D eigenvalue weighted by Crippen LogP contribution is 2.29. The quantitative estimate of drug-likeness (QED) is 0.379. The molecule has 0 amide bonds. The molecule has 0 radical (unpaired) electrons. The zero-order chi connectivity index (χ0) is 11.7. The van der Waals surface area contributed by atoms with Crippen LogP contribution in [0.15, 0.2) is 33.6 Å². The summed E-state index contributed by atoms with van der Waals surface area (Å²) in [6.07, 6.45) is 0. The van der Waals surface area contributed by atoms with Gasteiger partial charge in [-0.25, -0.2) is 0 Å². The molecular formula is C11H11BrClN3S. The predicted octanol–water partition coefficient (Wildman–Crippen LogP) is -1.52. The minimum absolute atomic E-state index is 0. The van der Waals surface area contributed by atoms with E-state index < -0.39 is 0 Å². The number of fused-ring (bicyclic) bond motifs is 1. The summed E-state index contributed by atoms with van der Waals surface area (Å²) in [5.41, 5.74) is 7.44. The molecule has 0 aliphatic heterocycles. The van der Waals surface area contributed by atoms with Gasteiger partial charge in [-0.05, 0) is 43.0 Å². The van der Waals surface area contributed by atoms with E-state index >= 15 is 0 Å². The van der Waals surface area contributed by atoms with E-state index in [1.165, 1.54) is 11.8 Å². The second-order valence-electron chi connectivity index (χ2n) is 3.43. The van der Waals surface area contributed by atoms with E-state index in [0.717, 1.165) is 26.0 Å². The molecule has 0 atom stereocenters. The highest BCUT2D eigenvalue weighted by atomic mass is 79.9. The van der Waals surface area contributed by atoms with E-state index in [1.54, 1.807) is 0 Å². The largest absolute Gasteiger partial charge is 1.00 e. The lowest BCUT2D eigenvalue weighted by Crippen LogP contribution is -3.00. The maximum atomic E-state index is 5.53. The molecule has 0 saturated heterocycles. The van der Waals surface area contributed by atoms with Gasteiger partial charge < -0.3 is 12.4 Å². The Balaban J connectivity index is 0.00000144. The Morgan fingerprint density at radius 2 is 2.12 bits per heavy atom. The fourth-order valence-electron chi connectivity index (χ4n) is 1.50. The van der Waals surface area contributed by atoms with Crippen molar-refractivity contribution in [2.45, 2.75) is 11.8 Å². The van der Waals surface area contributed by atoms with E-state index in [2.05, 4.69) is 20.9 Å². The number of halogens is 2. The van der Waals surface area contributed by atoms with Crippen LogP contribution in [-0.2, 0) is 0 Å². The summed E-state index contributed by atoms with van der Waals surface area (Å²) >= 11 is 4.81. The molecule has 3 nitrogen and oxygen atoms in total.